The molecule has 2 aromatic rings. The number of guanidine groups is 1. The zero-order chi connectivity index (χ0) is 15.9. The summed E-state index contributed by atoms with van der Waals surface area (Å²) in [6.45, 7) is 3.01. The van der Waals surface area contributed by atoms with Crippen LogP contribution in [0.5, 0.6) is 0 Å². The van der Waals surface area contributed by atoms with Gasteiger partial charge in [-0.25, -0.2) is 8.78 Å². The third-order valence-electron chi connectivity index (χ3n) is 3.37. The van der Waals surface area contributed by atoms with E-state index in [1.807, 2.05) is 5.38 Å². The highest BCUT2D eigenvalue weighted by Gasteiger charge is 2.08. The van der Waals surface area contributed by atoms with Gasteiger partial charge in [-0.15, -0.1) is 24.0 Å². The lowest BCUT2D eigenvalue weighted by Gasteiger charge is -2.15. The lowest BCUT2D eigenvalue weighted by atomic mass is 10.1. The highest BCUT2D eigenvalue weighted by molar-refractivity contribution is 14.0. The number of thiophene rings is 1. The van der Waals surface area contributed by atoms with Crippen molar-refractivity contribution in [2.45, 2.75) is 19.4 Å². The maximum atomic E-state index is 13.6. The Bertz CT molecular complexity index is 632. The minimum Gasteiger partial charge on any atom is -0.356 e. The molecule has 1 atom stereocenters. The van der Waals surface area contributed by atoms with E-state index in [-0.39, 0.29) is 36.1 Å². The third kappa shape index (κ3) is 6.06. The van der Waals surface area contributed by atoms with Crippen molar-refractivity contribution in [2.75, 3.05) is 13.6 Å². The molecule has 3 nitrogen and oxygen atoms in total. The first kappa shape index (κ1) is 19.8. The number of hydrogen-bond acceptors (Lipinski definition) is 2. The van der Waals surface area contributed by atoms with Crippen molar-refractivity contribution in [3.8, 4) is 0 Å². The van der Waals surface area contributed by atoms with E-state index in [2.05, 4.69) is 34.0 Å². The van der Waals surface area contributed by atoms with Crippen LogP contribution < -0.4 is 10.6 Å². The molecule has 0 saturated carbocycles. The van der Waals surface area contributed by atoms with Crippen LogP contribution in [-0.4, -0.2) is 19.6 Å². The number of hydrogen-bond donors (Lipinski definition) is 2. The van der Waals surface area contributed by atoms with Crippen molar-refractivity contribution >= 4 is 41.3 Å². The van der Waals surface area contributed by atoms with Gasteiger partial charge in [0.2, 0.25) is 0 Å². The highest BCUT2D eigenvalue weighted by Crippen LogP contribution is 2.17. The second-order valence-corrected chi connectivity index (χ2v) is 5.78. The van der Waals surface area contributed by atoms with E-state index in [0.717, 1.165) is 12.1 Å². The summed E-state index contributed by atoms with van der Waals surface area (Å²) >= 11 is 1.67. The first-order chi connectivity index (χ1) is 10.6. The molecule has 1 heterocycles. The van der Waals surface area contributed by atoms with Crippen LogP contribution in [0.2, 0.25) is 0 Å². The molecule has 0 saturated heterocycles. The van der Waals surface area contributed by atoms with E-state index in [1.54, 1.807) is 18.4 Å². The Morgan fingerprint density at radius 3 is 2.70 bits per heavy atom. The predicted molar refractivity (Wildman–Crippen MR) is 103 cm³/mol. The number of nitrogens with zero attached hydrogens (tertiary/aromatic N) is 1. The van der Waals surface area contributed by atoms with Crippen LogP contribution in [0.1, 0.15) is 24.0 Å². The summed E-state index contributed by atoms with van der Waals surface area (Å²) in [7, 11) is 1.65. The zero-order valence-electron chi connectivity index (χ0n) is 13.0. The molecule has 126 valence electrons. The fraction of sp³-hybridized carbons (Fsp3) is 0.312. The van der Waals surface area contributed by atoms with Gasteiger partial charge < -0.3 is 10.6 Å². The van der Waals surface area contributed by atoms with Gasteiger partial charge in [0.1, 0.15) is 11.6 Å². The summed E-state index contributed by atoms with van der Waals surface area (Å²) < 4.78 is 26.7. The van der Waals surface area contributed by atoms with Gasteiger partial charge >= 0.3 is 0 Å². The van der Waals surface area contributed by atoms with Crippen molar-refractivity contribution < 1.29 is 8.78 Å². The summed E-state index contributed by atoms with van der Waals surface area (Å²) in [5.74, 6) is 0.0182. The average molecular weight is 451 g/mol. The van der Waals surface area contributed by atoms with Crippen LogP contribution in [0.4, 0.5) is 8.78 Å². The second-order valence-electron chi connectivity index (χ2n) is 5.00. The Balaban J connectivity index is 0.00000264. The van der Waals surface area contributed by atoms with Crippen molar-refractivity contribution in [3.63, 3.8) is 0 Å². The van der Waals surface area contributed by atoms with Crippen LogP contribution in [0.3, 0.4) is 0 Å². The maximum Gasteiger partial charge on any atom is 0.191 e. The van der Waals surface area contributed by atoms with E-state index >= 15 is 0 Å². The van der Waals surface area contributed by atoms with Gasteiger partial charge in [-0.1, -0.05) is 6.92 Å². The molecule has 0 fully saturated rings. The molecule has 2 N–H and O–H groups in total. The van der Waals surface area contributed by atoms with Crippen LogP contribution in [-0.2, 0) is 6.54 Å². The first-order valence-electron chi connectivity index (χ1n) is 7.00. The van der Waals surface area contributed by atoms with Gasteiger partial charge in [0, 0.05) is 25.7 Å². The topological polar surface area (TPSA) is 36.4 Å². The smallest absolute Gasteiger partial charge is 0.191 e. The lowest BCUT2D eigenvalue weighted by molar-refractivity contribution is 0.580. The van der Waals surface area contributed by atoms with Crippen LogP contribution in [0.15, 0.2) is 40.0 Å². The fourth-order valence-electron chi connectivity index (χ4n) is 2.00. The molecule has 1 aromatic carbocycles. The summed E-state index contributed by atoms with van der Waals surface area (Å²) in [6.07, 6.45) is 0. The molecule has 7 heteroatoms. The number of benzene rings is 1. The Kier molecular flexibility index (Phi) is 8.46. The van der Waals surface area contributed by atoms with Gasteiger partial charge in [0.05, 0.1) is 0 Å². The normalized spacial score (nSPS) is 12.4. The van der Waals surface area contributed by atoms with Gasteiger partial charge in [-0.05, 0) is 46.5 Å². The third-order valence-corrected chi connectivity index (χ3v) is 4.07. The molecule has 0 bridgehead atoms. The van der Waals surface area contributed by atoms with Crippen LogP contribution >= 0.6 is 35.3 Å². The van der Waals surface area contributed by atoms with E-state index in [9.17, 15) is 8.78 Å². The molecule has 0 radical (unpaired) electrons. The maximum absolute atomic E-state index is 13.6. The molecule has 1 unspecified atom stereocenters. The lowest BCUT2D eigenvalue weighted by Crippen LogP contribution is -2.38. The Morgan fingerprint density at radius 1 is 1.26 bits per heavy atom. The molecular weight excluding hydrogens is 431 g/mol. The molecule has 0 aliphatic heterocycles. The van der Waals surface area contributed by atoms with Crippen LogP contribution in [0.25, 0.3) is 0 Å². The van der Waals surface area contributed by atoms with Crippen molar-refractivity contribution in [3.05, 3.63) is 57.8 Å². The quantitative estimate of drug-likeness (QED) is 0.408. The standard InChI is InChI=1S/C16H19F2N3S.HI/c1-11(12-5-6-22-10-12)8-20-16(19-2)21-9-13-7-14(17)3-4-15(13)18;/h3-7,10-11H,8-9H2,1-2H3,(H2,19,20,21);1H. The largest absolute Gasteiger partial charge is 0.356 e. The molecule has 0 spiro atoms. The Hall–Kier alpha value is -1.22. The number of aliphatic imine (C=N–C) groups is 1. The summed E-state index contributed by atoms with van der Waals surface area (Å²) in [6, 6.07) is 5.51. The zero-order valence-corrected chi connectivity index (χ0v) is 16.1. The van der Waals surface area contributed by atoms with E-state index in [0.29, 0.717) is 18.4 Å². The predicted octanol–water partition coefficient (Wildman–Crippen LogP) is 4.11. The average Bonchev–Trinajstić information content (AvgIpc) is 3.05. The van der Waals surface area contributed by atoms with E-state index < -0.39 is 11.6 Å². The first-order valence-corrected chi connectivity index (χ1v) is 7.95. The molecule has 2 rings (SSSR count). The minimum atomic E-state index is -0.452. The monoisotopic (exact) mass is 451 g/mol. The van der Waals surface area contributed by atoms with Crippen molar-refractivity contribution in [1.29, 1.82) is 0 Å². The van der Waals surface area contributed by atoms with Crippen LogP contribution in [0, 0.1) is 11.6 Å². The van der Waals surface area contributed by atoms with Gasteiger partial charge in [-0.3, -0.25) is 4.99 Å². The molecule has 0 amide bonds. The van der Waals surface area contributed by atoms with Crippen molar-refractivity contribution in [1.82, 2.24) is 10.6 Å². The number of nitrogens with one attached hydrogen (secondary N) is 2. The molecule has 23 heavy (non-hydrogen) atoms. The van der Waals surface area contributed by atoms with Gasteiger partial charge in [-0.2, -0.15) is 11.3 Å². The van der Waals surface area contributed by atoms with Crippen molar-refractivity contribution in [2.24, 2.45) is 4.99 Å². The molecule has 1 aromatic heterocycles. The Morgan fingerprint density at radius 2 is 2.04 bits per heavy atom. The van der Waals surface area contributed by atoms with E-state index in [1.165, 1.54) is 11.6 Å². The van der Waals surface area contributed by atoms with Gasteiger partial charge in [0.15, 0.2) is 5.96 Å². The highest BCUT2D eigenvalue weighted by atomic mass is 127. The molecule has 0 aliphatic carbocycles. The summed E-state index contributed by atoms with van der Waals surface area (Å²) in [5.41, 5.74) is 1.54. The molecular formula is C16H20F2IN3S. The Labute approximate surface area is 156 Å². The summed E-state index contributed by atoms with van der Waals surface area (Å²) in [5, 5.41) is 10.3. The molecule has 0 aliphatic rings. The minimum absolute atomic E-state index is 0. The fourth-order valence-corrected chi connectivity index (χ4v) is 2.78. The second kappa shape index (κ2) is 9.82. The van der Waals surface area contributed by atoms with E-state index in [4.69, 9.17) is 0 Å². The summed E-state index contributed by atoms with van der Waals surface area (Å²) in [4.78, 5) is 4.09. The van der Waals surface area contributed by atoms with Gasteiger partial charge in [0.25, 0.3) is 0 Å². The SMILES string of the molecule is CN=C(NCc1cc(F)ccc1F)NCC(C)c1ccsc1.I. The number of rotatable bonds is 5. The number of halogens is 3.